The van der Waals surface area contributed by atoms with Gasteiger partial charge in [-0.05, 0) is 38.0 Å². The maximum Gasteiger partial charge on any atom is 0.0450 e. The van der Waals surface area contributed by atoms with E-state index in [2.05, 4.69) is 28.9 Å². The zero-order valence-corrected chi connectivity index (χ0v) is 10.1. The van der Waals surface area contributed by atoms with Crippen molar-refractivity contribution >= 4 is 22.1 Å². The van der Waals surface area contributed by atoms with Crippen LogP contribution in [0.3, 0.4) is 0 Å². The lowest BCUT2D eigenvalue weighted by molar-refractivity contribution is 0.830. The Kier molecular flexibility index (Phi) is 2.39. The van der Waals surface area contributed by atoms with Gasteiger partial charge in [0, 0.05) is 47.1 Å². The van der Waals surface area contributed by atoms with Crippen LogP contribution in [0.15, 0.2) is 30.6 Å². The average molecular weight is 227 g/mol. The molecular weight excluding hydrogens is 210 g/mol. The summed E-state index contributed by atoms with van der Waals surface area (Å²) in [6.07, 6.45) is 6.32. The molecule has 0 atom stereocenters. The van der Waals surface area contributed by atoms with E-state index in [1.807, 2.05) is 18.5 Å². The van der Waals surface area contributed by atoms with Gasteiger partial charge in [0.25, 0.3) is 0 Å². The van der Waals surface area contributed by atoms with Gasteiger partial charge in [-0.3, -0.25) is 4.98 Å². The number of nitrogens with zero attached hydrogens (tertiary/aromatic N) is 2. The molecule has 0 amide bonds. The van der Waals surface area contributed by atoms with Gasteiger partial charge in [-0.1, -0.05) is 0 Å². The third-order valence-electron chi connectivity index (χ3n) is 3.47. The van der Waals surface area contributed by atoms with E-state index in [0.717, 1.165) is 23.7 Å². The quantitative estimate of drug-likeness (QED) is 0.820. The van der Waals surface area contributed by atoms with Crippen LogP contribution in [0, 0.1) is 0 Å². The second-order valence-electron chi connectivity index (χ2n) is 4.61. The number of benzene rings is 1. The van der Waals surface area contributed by atoms with Gasteiger partial charge in [0.05, 0.1) is 0 Å². The molecule has 1 fully saturated rings. The molecule has 1 aromatic heterocycles. The van der Waals surface area contributed by atoms with Gasteiger partial charge in [-0.2, -0.15) is 0 Å². The highest BCUT2D eigenvalue weighted by Crippen LogP contribution is 2.36. The van der Waals surface area contributed by atoms with Crippen LogP contribution in [-0.4, -0.2) is 17.6 Å². The Morgan fingerprint density at radius 2 is 2.12 bits per heavy atom. The largest absolute Gasteiger partial charge is 0.398 e. The van der Waals surface area contributed by atoms with Crippen LogP contribution in [0.4, 0.5) is 11.4 Å². The van der Waals surface area contributed by atoms with Gasteiger partial charge in [0.2, 0.25) is 0 Å². The minimum Gasteiger partial charge on any atom is -0.398 e. The predicted molar refractivity (Wildman–Crippen MR) is 72.2 cm³/mol. The number of hydrogen-bond acceptors (Lipinski definition) is 3. The summed E-state index contributed by atoms with van der Waals surface area (Å²) in [7, 11) is 0. The first-order chi connectivity index (χ1) is 8.31. The Hall–Kier alpha value is -1.77. The maximum absolute atomic E-state index is 6.00. The number of anilines is 2. The van der Waals surface area contributed by atoms with Gasteiger partial charge in [0.1, 0.15) is 0 Å². The van der Waals surface area contributed by atoms with Crippen molar-refractivity contribution in [3.63, 3.8) is 0 Å². The fourth-order valence-corrected chi connectivity index (χ4v) is 2.46. The zero-order chi connectivity index (χ0) is 11.8. The Morgan fingerprint density at radius 3 is 2.82 bits per heavy atom. The van der Waals surface area contributed by atoms with E-state index in [-0.39, 0.29) is 0 Å². The molecular formula is C14H17N3. The Bertz CT molecular complexity index is 546. The average Bonchev–Trinajstić information content (AvgIpc) is 3.18. The molecule has 1 heterocycles. The summed E-state index contributed by atoms with van der Waals surface area (Å²) in [5.74, 6) is 0. The van der Waals surface area contributed by atoms with E-state index < -0.39 is 0 Å². The summed E-state index contributed by atoms with van der Waals surface area (Å²) in [4.78, 5) is 6.64. The fraction of sp³-hybridized carbons (Fsp3) is 0.357. The smallest absolute Gasteiger partial charge is 0.0450 e. The monoisotopic (exact) mass is 227 g/mol. The van der Waals surface area contributed by atoms with Crippen molar-refractivity contribution in [3.05, 3.63) is 30.6 Å². The van der Waals surface area contributed by atoms with Crippen molar-refractivity contribution in [3.8, 4) is 0 Å². The molecule has 1 saturated carbocycles. The number of hydrogen-bond donors (Lipinski definition) is 1. The minimum atomic E-state index is 0.722. The molecule has 0 radical (unpaired) electrons. The van der Waals surface area contributed by atoms with E-state index in [9.17, 15) is 0 Å². The first kappa shape index (κ1) is 10.4. The molecule has 2 aromatic rings. The van der Waals surface area contributed by atoms with Crippen molar-refractivity contribution in [2.75, 3.05) is 17.2 Å². The van der Waals surface area contributed by atoms with Crippen LogP contribution in [0.2, 0.25) is 0 Å². The lowest BCUT2D eigenvalue weighted by atomic mass is 10.1. The van der Waals surface area contributed by atoms with E-state index in [1.54, 1.807) is 0 Å². The summed E-state index contributed by atoms with van der Waals surface area (Å²) in [5.41, 5.74) is 8.10. The first-order valence-corrected chi connectivity index (χ1v) is 6.20. The molecule has 1 aliphatic carbocycles. The number of pyridine rings is 1. The van der Waals surface area contributed by atoms with Crippen LogP contribution < -0.4 is 10.6 Å². The van der Waals surface area contributed by atoms with Crippen LogP contribution in [-0.2, 0) is 0 Å². The first-order valence-electron chi connectivity index (χ1n) is 6.20. The second-order valence-corrected chi connectivity index (χ2v) is 4.61. The standard InChI is InChI=1S/C14H17N3/c1-2-17(10-3-4-10)14-6-5-13(15)12-9-16-8-7-11(12)14/h5-10H,2-4,15H2,1H3. The summed E-state index contributed by atoms with van der Waals surface area (Å²) in [5, 5.41) is 2.28. The number of fused-ring (bicyclic) bond motifs is 1. The SMILES string of the molecule is CCN(c1ccc(N)c2cnccc12)C1CC1. The topological polar surface area (TPSA) is 42.1 Å². The van der Waals surface area contributed by atoms with E-state index in [4.69, 9.17) is 5.73 Å². The highest BCUT2D eigenvalue weighted by Gasteiger charge is 2.28. The molecule has 0 aliphatic heterocycles. The third kappa shape index (κ3) is 1.71. The van der Waals surface area contributed by atoms with Gasteiger partial charge in [0.15, 0.2) is 0 Å². The molecule has 0 saturated heterocycles. The molecule has 2 N–H and O–H groups in total. The van der Waals surface area contributed by atoms with Crippen molar-refractivity contribution in [2.45, 2.75) is 25.8 Å². The van der Waals surface area contributed by atoms with Crippen molar-refractivity contribution in [2.24, 2.45) is 0 Å². The van der Waals surface area contributed by atoms with E-state index >= 15 is 0 Å². The molecule has 1 aliphatic rings. The minimum absolute atomic E-state index is 0.722. The van der Waals surface area contributed by atoms with Crippen molar-refractivity contribution in [1.82, 2.24) is 4.98 Å². The fourth-order valence-electron chi connectivity index (χ4n) is 2.46. The summed E-state index contributed by atoms with van der Waals surface area (Å²) in [6, 6.07) is 6.91. The summed E-state index contributed by atoms with van der Waals surface area (Å²) >= 11 is 0. The van der Waals surface area contributed by atoms with Crippen molar-refractivity contribution < 1.29 is 0 Å². The molecule has 1 aromatic carbocycles. The summed E-state index contributed by atoms with van der Waals surface area (Å²) in [6.45, 7) is 3.26. The molecule has 3 heteroatoms. The van der Waals surface area contributed by atoms with Crippen LogP contribution >= 0.6 is 0 Å². The number of rotatable bonds is 3. The number of nitrogen functional groups attached to an aromatic ring is 1. The van der Waals surface area contributed by atoms with Crippen LogP contribution in [0.1, 0.15) is 19.8 Å². The van der Waals surface area contributed by atoms with Gasteiger partial charge in [-0.15, -0.1) is 0 Å². The van der Waals surface area contributed by atoms with Gasteiger partial charge in [-0.25, -0.2) is 0 Å². The lowest BCUT2D eigenvalue weighted by Crippen LogP contribution is -2.25. The second kappa shape index (κ2) is 3.91. The third-order valence-corrected chi connectivity index (χ3v) is 3.47. The Morgan fingerprint density at radius 1 is 1.29 bits per heavy atom. The maximum atomic E-state index is 6.00. The Balaban J connectivity index is 2.18. The molecule has 0 spiro atoms. The van der Waals surface area contributed by atoms with Gasteiger partial charge < -0.3 is 10.6 Å². The van der Waals surface area contributed by atoms with Crippen molar-refractivity contribution in [1.29, 1.82) is 0 Å². The van der Waals surface area contributed by atoms with E-state index in [1.165, 1.54) is 23.9 Å². The predicted octanol–water partition coefficient (Wildman–Crippen LogP) is 2.81. The van der Waals surface area contributed by atoms with Gasteiger partial charge >= 0.3 is 0 Å². The number of nitrogens with two attached hydrogens (primary N) is 1. The molecule has 0 bridgehead atoms. The molecule has 88 valence electrons. The highest BCUT2D eigenvalue weighted by atomic mass is 15.2. The molecule has 17 heavy (non-hydrogen) atoms. The zero-order valence-electron chi connectivity index (χ0n) is 10.1. The summed E-state index contributed by atoms with van der Waals surface area (Å²) < 4.78 is 0. The molecule has 0 unspecified atom stereocenters. The Labute approximate surface area is 101 Å². The lowest BCUT2D eigenvalue weighted by Gasteiger charge is -2.24. The number of aromatic nitrogens is 1. The van der Waals surface area contributed by atoms with Crippen LogP contribution in [0.5, 0.6) is 0 Å². The molecule has 3 rings (SSSR count). The molecule has 3 nitrogen and oxygen atoms in total. The van der Waals surface area contributed by atoms with E-state index in [0.29, 0.717) is 0 Å². The van der Waals surface area contributed by atoms with Crippen LogP contribution in [0.25, 0.3) is 10.8 Å². The normalized spacial score (nSPS) is 15.1. The highest BCUT2D eigenvalue weighted by molar-refractivity contribution is 6.01.